The summed E-state index contributed by atoms with van der Waals surface area (Å²) in [6.45, 7) is 4.06. The lowest BCUT2D eigenvalue weighted by Crippen LogP contribution is -2.55. The maximum absolute atomic E-state index is 6.21. The van der Waals surface area contributed by atoms with Crippen molar-refractivity contribution in [2.24, 2.45) is 17.6 Å². The lowest BCUT2D eigenvalue weighted by molar-refractivity contribution is 0.0590. The molecule has 3 rings (SSSR count). The third-order valence-corrected chi connectivity index (χ3v) is 5.73. The molecule has 0 heterocycles. The van der Waals surface area contributed by atoms with Gasteiger partial charge in [0.2, 0.25) is 0 Å². The average molecular weight is 258 g/mol. The summed E-state index contributed by atoms with van der Waals surface area (Å²) >= 11 is 0. The highest BCUT2D eigenvalue weighted by Gasteiger charge is 2.52. The molecule has 2 nitrogen and oxygen atoms in total. The third kappa shape index (κ3) is 2.11. The van der Waals surface area contributed by atoms with Crippen LogP contribution in [-0.4, -0.2) is 24.0 Å². The maximum Gasteiger partial charge on any atom is 0.0363 e. The Labute approximate surface area is 117 Å². The van der Waals surface area contributed by atoms with E-state index < -0.39 is 0 Å². The average Bonchev–Trinajstić information content (AvgIpc) is 3.02. The van der Waals surface area contributed by atoms with E-state index in [1.165, 1.54) is 36.8 Å². The van der Waals surface area contributed by atoms with Crippen molar-refractivity contribution < 1.29 is 0 Å². The molecule has 0 aliphatic heterocycles. The van der Waals surface area contributed by atoms with Gasteiger partial charge < -0.3 is 5.73 Å². The molecule has 2 saturated carbocycles. The van der Waals surface area contributed by atoms with Crippen LogP contribution in [-0.2, 0) is 6.54 Å². The van der Waals surface area contributed by atoms with Gasteiger partial charge in [0.1, 0.15) is 0 Å². The zero-order valence-corrected chi connectivity index (χ0v) is 12.2. The van der Waals surface area contributed by atoms with Crippen molar-refractivity contribution in [3.05, 3.63) is 35.4 Å². The lowest BCUT2D eigenvalue weighted by atomic mass is 9.79. The monoisotopic (exact) mass is 258 g/mol. The summed E-state index contributed by atoms with van der Waals surface area (Å²) in [5.74, 6) is 1.77. The summed E-state index contributed by atoms with van der Waals surface area (Å²) in [6, 6.07) is 8.73. The first-order valence-corrected chi connectivity index (χ1v) is 7.61. The van der Waals surface area contributed by atoms with Gasteiger partial charge in [-0.25, -0.2) is 0 Å². The van der Waals surface area contributed by atoms with E-state index >= 15 is 0 Å². The zero-order chi connectivity index (χ0) is 13.5. The fourth-order valence-electron chi connectivity index (χ4n) is 4.49. The number of hydrogen-bond donors (Lipinski definition) is 1. The van der Waals surface area contributed by atoms with E-state index in [9.17, 15) is 0 Å². The number of likely N-dealkylation sites (N-methyl/N-ethyl adjacent to an activating group) is 1. The first-order valence-electron chi connectivity index (χ1n) is 7.61. The molecule has 2 heteroatoms. The van der Waals surface area contributed by atoms with Gasteiger partial charge in [0.15, 0.2) is 0 Å². The standard InChI is InChI=1S/C17H26N2/c1-13-5-3-4-6-15(13)11-19(2)17(12-18)10-14-7-8-16(17)9-14/h3-6,14,16H,7-12,18H2,1-2H3. The topological polar surface area (TPSA) is 29.3 Å². The molecular weight excluding hydrogens is 232 g/mol. The number of aryl methyl sites for hydroxylation is 1. The Kier molecular flexibility index (Phi) is 3.40. The Morgan fingerprint density at radius 1 is 1.32 bits per heavy atom. The van der Waals surface area contributed by atoms with E-state index in [-0.39, 0.29) is 5.54 Å². The number of nitrogens with two attached hydrogens (primary N) is 1. The van der Waals surface area contributed by atoms with Crippen LogP contribution < -0.4 is 5.73 Å². The highest BCUT2D eigenvalue weighted by Crippen LogP contribution is 2.52. The maximum atomic E-state index is 6.21. The van der Waals surface area contributed by atoms with Crippen LogP contribution in [0.2, 0.25) is 0 Å². The van der Waals surface area contributed by atoms with Crippen LogP contribution >= 0.6 is 0 Å². The largest absolute Gasteiger partial charge is 0.329 e. The highest BCUT2D eigenvalue weighted by atomic mass is 15.2. The van der Waals surface area contributed by atoms with E-state index in [4.69, 9.17) is 5.73 Å². The molecule has 2 aliphatic rings. The molecule has 3 atom stereocenters. The first-order chi connectivity index (χ1) is 9.15. The van der Waals surface area contributed by atoms with Crippen molar-refractivity contribution in [2.75, 3.05) is 13.6 Å². The molecule has 0 amide bonds. The summed E-state index contributed by atoms with van der Waals surface area (Å²) in [6.07, 6.45) is 5.55. The van der Waals surface area contributed by atoms with Crippen molar-refractivity contribution in [2.45, 2.75) is 44.7 Å². The molecule has 0 radical (unpaired) electrons. The number of hydrogen-bond acceptors (Lipinski definition) is 2. The van der Waals surface area contributed by atoms with E-state index in [1.54, 1.807) is 0 Å². The van der Waals surface area contributed by atoms with E-state index in [1.807, 2.05) is 0 Å². The molecule has 0 aromatic heterocycles. The van der Waals surface area contributed by atoms with Gasteiger partial charge in [-0.05, 0) is 56.2 Å². The molecule has 1 aromatic carbocycles. The van der Waals surface area contributed by atoms with Crippen molar-refractivity contribution in [3.8, 4) is 0 Å². The Hall–Kier alpha value is -0.860. The second-order valence-electron chi connectivity index (χ2n) is 6.67. The summed E-state index contributed by atoms with van der Waals surface area (Å²) in [7, 11) is 2.28. The van der Waals surface area contributed by atoms with Crippen molar-refractivity contribution >= 4 is 0 Å². The first kappa shape index (κ1) is 13.1. The highest BCUT2D eigenvalue weighted by molar-refractivity contribution is 5.26. The van der Waals surface area contributed by atoms with E-state index in [0.29, 0.717) is 0 Å². The molecular formula is C17H26N2. The van der Waals surface area contributed by atoms with Gasteiger partial charge in [-0.1, -0.05) is 30.7 Å². The van der Waals surface area contributed by atoms with Crippen LogP contribution in [0.4, 0.5) is 0 Å². The molecule has 2 fully saturated rings. The van der Waals surface area contributed by atoms with Crippen LogP contribution in [0.3, 0.4) is 0 Å². The summed E-state index contributed by atoms with van der Waals surface area (Å²) < 4.78 is 0. The Morgan fingerprint density at radius 2 is 2.11 bits per heavy atom. The molecule has 2 bridgehead atoms. The molecule has 0 spiro atoms. The Morgan fingerprint density at radius 3 is 2.68 bits per heavy atom. The minimum atomic E-state index is 0.269. The van der Waals surface area contributed by atoms with Crippen molar-refractivity contribution in [1.29, 1.82) is 0 Å². The fourth-order valence-corrected chi connectivity index (χ4v) is 4.49. The summed E-state index contributed by atoms with van der Waals surface area (Å²) in [5.41, 5.74) is 9.31. The zero-order valence-electron chi connectivity index (χ0n) is 12.2. The molecule has 104 valence electrons. The number of fused-ring (bicyclic) bond motifs is 2. The molecule has 19 heavy (non-hydrogen) atoms. The van der Waals surface area contributed by atoms with E-state index in [2.05, 4.69) is 43.1 Å². The summed E-state index contributed by atoms with van der Waals surface area (Å²) in [5, 5.41) is 0. The van der Waals surface area contributed by atoms with Crippen molar-refractivity contribution in [1.82, 2.24) is 4.90 Å². The number of benzene rings is 1. The van der Waals surface area contributed by atoms with Gasteiger partial charge in [-0.2, -0.15) is 0 Å². The van der Waals surface area contributed by atoms with Crippen LogP contribution in [0.25, 0.3) is 0 Å². The minimum Gasteiger partial charge on any atom is -0.329 e. The lowest BCUT2D eigenvalue weighted by Gasteiger charge is -2.45. The van der Waals surface area contributed by atoms with Crippen LogP contribution in [0.15, 0.2) is 24.3 Å². The molecule has 2 aliphatic carbocycles. The van der Waals surface area contributed by atoms with Gasteiger partial charge >= 0.3 is 0 Å². The molecule has 3 unspecified atom stereocenters. The van der Waals surface area contributed by atoms with Gasteiger partial charge in [0.25, 0.3) is 0 Å². The fraction of sp³-hybridized carbons (Fsp3) is 0.647. The second-order valence-corrected chi connectivity index (χ2v) is 6.67. The van der Waals surface area contributed by atoms with E-state index in [0.717, 1.165) is 24.9 Å². The third-order valence-electron chi connectivity index (χ3n) is 5.73. The summed E-state index contributed by atoms with van der Waals surface area (Å²) in [4.78, 5) is 2.55. The predicted octanol–water partition coefficient (Wildman–Crippen LogP) is 2.94. The second kappa shape index (κ2) is 4.92. The Balaban J connectivity index is 1.79. The van der Waals surface area contributed by atoms with Crippen LogP contribution in [0.5, 0.6) is 0 Å². The van der Waals surface area contributed by atoms with Crippen LogP contribution in [0, 0.1) is 18.8 Å². The Bertz CT molecular complexity index is 456. The molecule has 2 N–H and O–H groups in total. The normalized spacial score (nSPS) is 33.3. The molecule has 0 saturated heterocycles. The van der Waals surface area contributed by atoms with Gasteiger partial charge in [0, 0.05) is 18.6 Å². The number of nitrogens with zero attached hydrogens (tertiary/aromatic N) is 1. The SMILES string of the molecule is Cc1ccccc1CN(C)C1(CN)CC2CCC1C2. The van der Waals surface area contributed by atoms with Crippen molar-refractivity contribution in [3.63, 3.8) is 0 Å². The quantitative estimate of drug-likeness (QED) is 0.899. The number of rotatable bonds is 4. The van der Waals surface area contributed by atoms with Gasteiger partial charge in [-0.15, -0.1) is 0 Å². The molecule has 1 aromatic rings. The van der Waals surface area contributed by atoms with Gasteiger partial charge in [0.05, 0.1) is 0 Å². The minimum absolute atomic E-state index is 0.269. The van der Waals surface area contributed by atoms with Gasteiger partial charge in [-0.3, -0.25) is 4.90 Å². The van der Waals surface area contributed by atoms with Crippen LogP contribution in [0.1, 0.15) is 36.8 Å². The predicted molar refractivity (Wildman–Crippen MR) is 79.9 cm³/mol. The smallest absolute Gasteiger partial charge is 0.0363 e.